The van der Waals surface area contributed by atoms with Gasteiger partial charge in [0, 0.05) is 0 Å². The van der Waals surface area contributed by atoms with E-state index in [1.807, 2.05) is 22.6 Å². The number of halogens is 3. The van der Waals surface area contributed by atoms with E-state index in [0.717, 1.165) is 0 Å². The second kappa shape index (κ2) is 5.37. The third kappa shape index (κ3) is 3.00. The number of aromatic nitrogens is 1. The van der Waals surface area contributed by atoms with Crippen LogP contribution in [-0.2, 0) is 16.0 Å². The molecule has 0 amide bonds. The van der Waals surface area contributed by atoms with Crippen LogP contribution in [0.4, 0.5) is 14.6 Å². The van der Waals surface area contributed by atoms with Crippen molar-refractivity contribution in [2.24, 2.45) is 0 Å². The third-order valence-electron chi connectivity index (χ3n) is 1.88. The topological polar surface area (TPSA) is 65.2 Å². The normalized spacial score (nSPS) is 10.6. The number of pyridine rings is 1. The molecule has 0 unspecified atom stereocenters. The number of nitrogens with zero attached hydrogens (tertiary/aromatic N) is 1. The van der Waals surface area contributed by atoms with E-state index < -0.39 is 18.1 Å². The minimum atomic E-state index is -2.76. The van der Waals surface area contributed by atoms with Crippen molar-refractivity contribution in [2.45, 2.75) is 12.8 Å². The lowest BCUT2D eigenvalue weighted by atomic mass is 10.1. The van der Waals surface area contributed by atoms with E-state index in [4.69, 9.17) is 5.73 Å². The highest BCUT2D eigenvalue weighted by atomic mass is 127. The molecule has 0 aromatic carbocycles. The number of nitrogens with two attached hydrogens (primary N) is 1. The number of nitrogen functional groups attached to an aromatic ring is 1. The highest BCUT2D eigenvalue weighted by Gasteiger charge is 2.19. The van der Waals surface area contributed by atoms with Crippen LogP contribution < -0.4 is 5.73 Å². The number of esters is 1. The Bertz CT molecular complexity index is 413. The van der Waals surface area contributed by atoms with Crippen molar-refractivity contribution in [3.63, 3.8) is 0 Å². The Morgan fingerprint density at radius 1 is 1.69 bits per heavy atom. The number of hydrogen-bond acceptors (Lipinski definition) is 4. The molecule has 0 saturated heterocycles. The van der Waals surface area contributed by atoms with Gasteiger partial charge in [-0.15, -0.1) is 0 Å². The molecule has 1 heterocycles. The number of alkyl halides is 2. The molecule has 0 aliphatic heterocycles. The quantitative estimate of drug-likeness (QED) is 0.673. The van der Waals surface area contributed by atoms with Crippen LogP contribution in [0, 0.1) is 3.57 Å². The standard InChI is InChI=1S/C9H9F2IN2O2/c1-16-6(15)3-4-2-5(12)9(13)14-7(4)8(10)11/h2,8H,3H2,1H3,(H2,13,14). The third-order valence-corrected chi connectivity index (χ3v) is 2.75. The molecular formula is C9H9F2IN2O2. The van der Waals surface area contributed by atoms with E-state index in [0.29, 0.717) is 3.57 Å². The molecule has 0 aliphatic rings. The first-order valence-electron chi connectivity index (χ1n) is 4.25. The fraction of sp³-hybridized carbons (Fsp3) is 0.333. The maximum absolute atomic E-state index is 12.6. The summed E-state index contributed by atoms with van der Waals surface area (Å²) >= 11 is 1.86. The van der Waals surface area contributed by atoms with Crippen molar-refractivity contribution in [1.29, 1.82) is 0 Å². The number of anilines is 1. The number of methoxy groups -OCH3 is 1. The molecule has 0 aliphatic carbocycles. The molecule has 16 heavy (non-hydrogen) atoms. The molecule has 2 N–H and O–H groups in total. The first kappa shape index (κ1) is 13.1. The minimum Gasteiger partial charge on any atom is -0.469 e. The van der Waals surface area contributed by atoms with Crippen LogP contribution in [0.1, 0.15) is 17.7 Å². The Morgan fingerprint density at radius 2 is 2.31 bits per heavy atom. The highest BCUT2D eigenvalue weighted by Crippen LogP contribution is 2.25. The Hall–Kier alpha value is -0.990. The van der Waals surface area contributed by atoms with E-state index in [1.54, 1.807) is 0 Å². The van der Waals surface area contributed by atoms with Gasteiger partial charge in [-0.2, -0.15) is 0 Å². The Morgan fingerprint density at radius 3 is 2.81 bits per heavy atom. The molecule has 88 valence electrons. The molecule has 1 rings (SSSR count). The van der Waals surface area contributed by atoms with Gasteiger partial charge >= 0.3 is 5.97 Å². The van der Waals surface area contributed by atoms with Crippen molar-refractivity contribution >= 4 is 34.4 Å². The van der Waals surface area contributed by atoms with Gasteiger partial charge in [0.2, 0.25) is 0 Å². The minimum absolute atomic E-state index is 0.0320. The van der Waals surface area contributed by atoms with Crippen LogP contribution in [-0.4, -0.2) is 18.1 Å². The van der Waals surface area contributed by atoms with Gasteiger partial charge in [-0.05, 0) is 34.2 Å². The van der Waals surface area contributed by atoms with Gasteiger partial charge in [0.05, 0.1) is 17.1 Å². The Kier molecular flexibility index (Phi) is 4.39. The first-order valence-corrected chi connectivity index (χ1v) is 5.33. The number of carbonyl (C=O) groups is 1. The molecule has 1 aromatic heterocycles. The predicted octanol–water partition coefficient (Wildman–Crippen LogP) is 1.92. The molecule has 1 aromatic rings. The second-order valence-corrected chi connectivity index (χ2v) is 4.12. The van der Waals surface area contributed by atoms with Crippen molar-refractivity contribution in [3.05, 3.63) is 20.9 Å². The molecule has 0 spiro atoms. The summed E-state index contributed by atoms with van der Waals surface area (Å²) in [6, 6.07) is 1.42. The van der Waals surface area contributed by atoms with Crippen LogP contribution in [0.2, 0.25) is 0 Å². The fourth-order valence-corrected chi connectivity index (χ4v) is 1.61. The van der Waals surface area contributed by atoms with Crippen LogP contribution in [0.25, 0.3) is 0 Å². The highest BCUT2D eigenvalue weighted by molar-refractivity contribution is 14.1. The Labute approximate surface area is 104 Å². The van der Waals surface area contributed by atoms with Crippen molar-refractivity contribution in [2.75, 3.05) is 12.8 Å². The maximum atomic E-state index is 12.6. The molecule has 0 radical (unpaired) electrons. The number of carbonyl (C=O) groups excluding carboxylic acids is 1. The maximum Gasteiger partial charge on any atom is 0.310 e. The van der Waals surface area contributed by atoms with E-state index in [1.165, 1.54) is 13.2 Å². The fourth-order valence-electron chi connectivity index (χ4n) is 1.11. The van der Waals surface area contributed by atoms with Gasteiger partial charge in [-0.1, -0.05) is 0 Å². The van der Waals surface area contributed by atoms with Gasteiger partial charge in [0.15, 0.2) is 0 Å². The van der Waals surface area contributed by atoms with Gasteiger partial charge in [-0.3, -0.25) is 4.79 Å². The molecule has 7 heteroatoms. The average Bonchev–Trinajstić information content (AvgIpc) is 2.22. The van der Waals surface area contributed by atoms with Crippen molar-refractivity contribution < 1.29 is 18.3 Å². The lowest BCUT2D eigenvalue weighted by molar-refractivity contribution is -0.139. The second-order valence-electron chi connectivity index (χ2n) is 2.95. The largest absolute Gasteiger partial charge is 0.469 e. The summed E-state index contributed by atoms with van der Waals surface area (Å²) in [6.45, 7) is 0. The van der Waals surface area contributed by atoms with Crippen LogP contribution in [0.5, 0.6) is 0 Å². The van der Waals surface area contributed by atoms with Gasteiger partial charge in [-0.25, -0.2) is 13.8 Å². The SMILES string of the molecule is COC(=O)Cc1cc(I)c(N)nc1C(F)F. The number of ether oxygens (including phenoxy) is 1. The monoisotopic (exact) mass is 342 g/mol. The zero-order valence-electron chi connectivity index (χ0n) is 8.34. The Balaban J connectivity index is 3.14. The summed E-state index contributed by atoms with van der Waals surface area (Å²) in [5, 5.41) is 0. The van der Waals surface area contributed by atoms with Crippen LogP contribution in [0.15, 0.2) is 6.07 Å². The average molecular weight is 342 g/mol. The van der Waals surface area contributed by atoms with E-state index in [-0.39, 0.29) is 17.8 Å². The summed E-state index contributed by atoms with van der Waals surface area (Å²) in [7, 11) is 1.19. The molecule has 0 bridgehead atoms. The van der Waals surface area contributed by atoms with Crippen LogP contribution in [0.3, 0.4) is 0 Å². The molecule has 0 saturated carbocycles. The zero-order valence-corrected chi connectivity index (χ0v) is 10.5. The first-order chi connectivity index (χ1) is 7.45. The van der Waals surface area contributed by atoms with Gasteiger partial charge < -0.3 is 10.5 Å². The van der Waals surface area contributed by atoms with E-state index in [2.05, 4.69) is 9.72 Å². The van der Waals surface area contributed by atoms with Gasteiger partial charge in [0.1, 0.15) is 11.5 Å². The number of hydrogen-bond donors (Lipinski definition) is 1. The molecule has 0 fully saturated rings. The van der Waals surface area contributed by atoms with E-state index in [9.17, 15) is 13.6 Å². The summed E-state index contributed by atoms with van der Waals surface area (Å²) in [5.74, 6) is -0.561. The zero-order chi connectivity index (χ0) is 12.3. The lowest BCUT2D eigenvalue weighted by Gasteiger charge is -2.09. The summed E-state index contributed by atoms with van der Waals surface area (Å²) in [5.41, 5.74) is 5.09. The number of rotatable bonds is 3. The summed E-state index contributed by atoms with van der Waals surface area (Å²) in [6.07, 6.45) is -3.00. The molecule has 4 nitrogen and oxygen atoms in total. The summed E-state index contributed by atoms with van der Waals surface area (Å²) in [4.78, 5) is 14.6. The predicted molar refractivity (Wildman–Crippen MR) is 62.0 cm³/mol. The molecular weight excluding hydrogens is 333 g/mol. The van der Waals surface area contributed by atoms with Crippen LogP contribution >= 0.6 is 22.6 Å². The molecule has 0 atom stereocenters. The van der Waals surface area contributed by atoms with Crippen molar-refractivity contribution in [1.82, 2.24) is 4.98 Å². The van der Waals surface area contributed by atoms with E-state index >= 15 is 0 Å². The van der Waals surface area contributed by atoms with Gasteiger partial charge in [0.25, 0.3) is 6.43 Å². The smallest absolute Gasteiger partial charge is 0.310 e. The van der Waals surface area contributed by atoms with Crippen molar-refractivity contribution in [3.8, 4) is 0 Å². The lowest BCUT2D eigenvalue weighted by Crippen LogP contribution is -2.10. The summed E-state index contributed by atoms with van der Waals surface area (Å²) < 4.78 is 30.2.